The molecule has 3 rings (SSSR count). The van der Waals surface area contributed by atoms with E-state index in [0.29, 0.717) is 0 Å². The number of para-hydroxylation sites is 1. The Balaban J connectivity index is 2.01. The van der Waals surface area contributed by atoms with Gasteiger partial charge in [-0.15, -0.1) is 0 Å². The van der Waals surface area contributed by atoms with Crippen LogP contribution in [0.4, 0.5) is 0 Å². The van der Waals surface area contributed by atoms with Crippen LogP contribution in [0.5, 0.6) is 0 Å². The summed E-state index contributed by atoms with van der Waals surface area (Å²) in [5.41, 5.74) is 5.07. The minimum atomic E-state index is 0.268. The standard InChI is InChI=1S/C19H20N2/c1-14-7-3-4-8-16(14)13-18(20-2)17-11-5-9-15-10-6-12-21-19(15)17/h3-12,18,20H,13H2,1-2H3. The van der Waals surface area contributed by atoms with Crippen molar-refractivity contribution in [3.63, 3.8) is 0 Å². The fourth-order valence-corrected chi connectivity index (χ4v) is 2.84. The summed E-state index contributed by atoms with van der Waals surface area (Å²) in [5, 5.41) is 4.64. The van der Waals surface area contributed by atoms with Crippen LogP contribution in [0.25, 0.3) is 10.9 Å². The summed E-state index contributed by atoms with van der Waals surface area (Å²) in [4.78, 5) is 4.57. The fraction of sp³-hybridized carbons (Fsp3) is 0.211. The highest BCUT2D eigenvalue weighted by Gasteiger charge is 2.14. The van der Waals surface area contributed by atoms with Crippen LogP contribution in [0, 0.1) is 6.92 Å². The van der Waals surface area contributed by atoms with Crippen LogP contribution in [0.3, 0.4) is 0 Å². The zero-order chi connectivity index (χ0) is 14.7. The maximum Gasteiger partial charge on any atom is 0.0749 e. The molecule has 1 heterocycles. The van der Waals surface area contributed by atoms with Crippen molar-refractivity contribution in [2.75, 3.05) is 7.05 Å². The number of aromatic nitrogens is 1. The number of rotatable bonds is 4. The quantitative estimate of drug-likeness (QED) is 0.777. The van der Waals surface area contributed by atoms with Crippen LogP contribution < -0.4 is 5.32 Å². The zero-order valence-corrected chi connectivity index (χ0v) is 12.5. The van der Waals surface area contributed by atoms with E-state index in [4.69, 9.17) is 0 Å². The van der Waals surface area contributed by atoms with E-state index in [2.05, 4.69) is 65.8 Å². The number of hydrogen-bond acceptors (Lipinski definition) is 2. The first-order valence-corrected chi connectivity index (χ1v) is 7.35. The van der Waals surface area contributed by atoms with E-state index in [0.717, 1.165) is 11.9 Å². The van der Waals surface area contributed by atoms with E-state index in [1.165, 1.54) is 22.1 Å². The van der Waals surface area contributed by atoms with E-state index < -0.39 is 0 Å². The molecule has 2 nitrogen and oxygen atoms in total. The Hall–Kier alpha value is -2.19. The van der Waals surface area contributed by atoms with E-state index in [1.807, 2.05) is 19.3 Å². The molecule has 106 valence electrons. The van der Waals surface area contributed by atoms with E-state index in [-0.39, 0.29) is 6.04 Å². The molecule has 21 heavy (non-hydrogen) atoms. The molecule has 3 aromatic rings. The van der Waals surface area contributed by atoms with Crippen molar-refractivity contribution in [1.82, 2.24) is 10.3 Å². The van der Waals surface area contributed by atoms with Gasteiger partial charge in [-0.05, 0) is 43.1 Å². The summed E-state index contributed by atoms with van der Waals surface area (Å²) in [6.07, 6.45) is 2.84. The molecule has 2 heteroatoms. The van der Waals surface area contributed by atoms with Gasteiger partial charge in [-0.25, -0.2) is 0 Å². The summed E-state index contributed by atoms with van der Waals surface area (Å²) in [6.45, 7) is 2.17. The third kappa shape index (κ3) is 2.81. The van der Waals surface area contributed by atoms with E-state index in [1.54, 1.807) is 0 Å². The van der Waals surface area contributed by atoms with Crippen LogP contribution in [-0.2, 0) is 6.42 Å². The van der Waals surface area contributed by atoms with Crippen molar-refractivity contribution in [2.24, 2.45) is 0 Å². The average Bonchev–Trinajstić information content (AvgIpc) is 2.54. The smallest absolute Gasteiger partial charge is 0.0749 e. The van der Waals surface area contributed by atoms with Gasteiger partial charge >= 0.3 is 0 Å². The first-order chi connectivity index (χ1) is 10.3. The fourth-order valence-electron chi connectivity index (χ4n) is 2.84. The van der Waals surface area contributed by atoms with Crippen LogP contribution in [0.2, 0.25) is 0 Å². The highest BCUT2D eigenvalue weighted by molar-refractivity contribution is 5.82. The molecule has 0 saturated heterocycles. The molecular formula is C19H20N2. The number of hydrogen-bond donors (Lipinski definition) is 1. The molecule has 0 amide bonds. The number of pyridine rings is 1. The third-order valence-electron chi connectivity index (χ3n) is 4.07. The number of nitrogens with zero attached hydrogens (tertiary/aromatic N) is 1. The number of aryl methyl sites for hydroxylation is 1. The molecule has 1 unspecified atom stereocenters. The Morgan fingerprint density at radius 1 is 1.00 bits per heavy atom. The molecule has 0 aliphatic heterocycles. The van der Waals surface area contributed by atoms with Gasteiger partial charge in [-0.2, -0.15) is 0 Å². The van der Waals surface area contributed by atoms with Gasteiger partial charge in [0.2, 0.25) is 0 Å². The second kappa shape index (κ2) is 6.06. The molecule has 0 radical (unpaired) electrons. The van der Waals surface area contributed by atoms with Crippen LogP contribution in [-0.4, -0.2) is 12.0 Å². The lowest BCUT2D eigenvalue weighted by Gasteiger charge is -2.19. The van der Waals surface area contributed by atoms with Gasteiger partial charge in [0.1, 0.15) is 0 Å². The van der Waals surface area contributed by atoms with Gasteiger partial charge in [0.25, 0.3) is 0 Å². The lowest BCUT2D eigenvalue weighted by Crippen LogP contribution is -2.19. The lowest BCUT2D eigenvalue weighted by molar-refractivity contribution is 0.594. The summed E-state index contributed by atoms with van der Waals surface area (Å²) in [6, 6.07) is 19.4. The van der Waals surface area contributed by atoms with Gasteiger partial charge in [0, 0.05) is 17.6 Å². The second-order valence-electron chi connectivity index (χ2n) is 5.39. The van der Waals surface area contributed by atoms with Gasteiger partial charge < -0.3 is 5.32 Å². The summed E-state index contributed by atoms with van der Waals surface area (Å²) < 4.78 is 0. The van der Waals surface area contributed by atoms with Crippen molar-refractivity contribution >= 4 is 10.9 Å². The first-order valence-electron chi connectivity index (χ1n) is 7.35. The SMILES string of the molecule is CNC(Cc1ccccc1C)c1cccc2cccnc12. The van der Waals surface area contributed by atoms with Crippen LogP contribution >= 0.6 is 0 Å². The molecule has 0 fully saturated rings. The van der Waals surface area contributed by atoms with Gasteiger partial charge in [-0.3, -0.25) is 4.98 Å². The Morgan fingerprint density at radius 2 is 1.81 bits per heavy atom. The highest BCUT2D eigenvalue weighted by atomic mass is 14.9. The van der Waals surface area contributed by atoms with Gasteiger partial charge in [0.15, 0.2) is 0 Å². The average molecular weight is 276 g/mol. The summed E-state index contributed by atoms with van der Waals surface area (Å²) in [5.74, 6) is 0. The number of likely N-dealkylation sites (N-methyl/N-ethyl adjacent to an activating group) is 1. The van der Waals surface area contributed by atoms with Crippen molar-refractivity contribution in [1.29, 1.82) is 0 Å². The Morgan fingerprint density at radius 3 is 2.62 bits per heavy atom. The van der Waals surface area contributed by atoms with Crippen LogP contribution in [0.1, 0.15) is 22.7 Å². The molecule has 0 aliphatic rings. The maximum absolute atomic E-state index is 4.57. The Bertz CT molecular complexity index is 744. The number of benzene rings is 2. The molecule has 1 N–H and O–H groups in total. The minimum absolute atomic E-state index is 0.268. The summed E-state index contributed by atoms with van der Waals surface area (Å²) in [7, 11) is 2.02. The second-order valence-corrected chi connectivity index (χ2v) is 5.39. The van der Waals surface area contributed by atoms with Crippen molar-refractivity contribution in [2.45, 2.75) is 19.4 Å². The van der Waals surface area contributed by atoms with E-state index >= 15 is 0 Å². The lowest BCUT2D eigenvalue weighted by atomic mass is 9.94. The normalized spacial score (nSPS) is 12.5. The van der Waals surface area contributed by atoms with Gasteiger partial charge in [0.05, 0.1) is 5.52 Å². The molecule has 2 aromatic carbocycles. The summed E-state index contributed by atoms with van der Waals surface area (Å²) >= 11 is 0. The molecule has 0 saturated carbocycles. The zero-order valence-electron chi connectivity index (χ0n) is 12.5. The van der Waals surface area contributed by atoms with Crippen molar-refractivity contribution in [3.05, 3.63) is 77.5 Å². The third-order valence-corrected chi connectivity index (χ3v) is 4.07. The Kier molecular flexibility index (Phi) is 3.98. The first kappa shape index (κ1) is 13.8. The van der Waals surface area contributed by atoms with Crippen LogP contribution in [0.15, 0.2) is 60.8 Å². The number of nitrogens with one attached hydrogen (secondary N) is 1. The predicted molar refractivity (Wildman–Crippen MR) is 88.4 cm³/mol. The molecule has 0 spiro atoms. The monoisotopic (exact) mass is 276 g/mol. The van der Waals surface area contributed by atoms with Crippen molar-refractivity contribution < 1.29 is 0 Å². The highest BCUT2D eigenvalue weighted by Crippen LogP contribution is 2.25. The van der Waals surface area contributed by atoms with Crippen molar-refractivity contribution in [3.8, 4) is 0 Å². The molecule has 0 bridgehead atoms. The molecular weight excluding hydrogens is 256 g/mol. The molecule has 0 aliphatic carbocycles. The Labute approximate surface area is 125 Å². The maximum atomic E-state index is 4.57. The molecule has 1 atom stereocenters. The predicted octanol–water partition coefficient (Wildman–Crippen LogP) is 4.05. The topological polar surface area (TPSA) is 24.9 Å². The molecule has 1 aromatic heterocycles. The number of fused-ring (bicyclic) bond motifs is 1. The largest absolute Gasteiger partial charge is 0.313 e. The van der Waals surface area contributed by atoms with Gasteiger partial charge in [-0.1, -0.05) is 48.5 Å². The minimum Gasteiger partial charge on any atom is -0.313 e. The van der Waals surface area contributed by atoms with E-state index in [9.17, 15) is 0 Å².